The highest BCUT2D eigenvalue weighted by Crippen LogP contribution is 2.43. The number of carbonyl (C=O) groups is 1. The third-order valence-corrected chi connectivity index (χ3v) is 4.63. The van der Waals surface area contributed by atoms with E-state index in [1.807, 2.05) is 6.92 Å². The Morgan fingerprint density at radius 1 is 1.37 bits per heavy atom. The quantitative estimate of drug-likeness (QED) is 0.889. The molecule has 1 aromatic carbocycles. The Morgan fingerprint density at radius 3 is 2.58 bits per heavy atom. The van der Waals surface area contributed by atoms with Gasteiger partial charge in [0.25, 0.3) is 0 Å². The van der Waals surface area contributed by atoms with Gasteiger partial charge >= 0.3 is 0 Å². The summed E-state index contributed by atoms with van der Waals surface area (Å²) < 4.78 is 0. The van der Waals surface area contributed by atoms with Crippen LogP contribution >= 0.6 is 23.2 Å². The van der Waals surface area contributed by atoms with Crippen molar-refractivity contribution in [3.63, 3.8) is 0 Å². The molecule has 0 aliphatic heterocycles. The molecule has 1 fully saturated rings. The summed E-state index contributed by atoms with van der Waals surface area (Å²) in [7, 11) is 0. The van der Waals surface area contributed by atoms with Crippen molar-refractivity contribution in [1.29, 1.82) is 0 Å². The average Bonchev–Trinajstić information content (AvgIpc) is 2.31. The number of nitrogens with one attached hydrogen (secondary N) is 1. The molecule has 19 heavy (non-hydrogen) atoms. The minimum absolute atomic E-state index is 0.00888. The number of anilines is 1. The maximum atomic E-state index is 12.1. The number of carbonyl (C=O) groups excluding carboxylic acids is 1. The normalized spacial score (nSPS) is 16.8. The largest absolute Gasteiger partial charge is 0.330 e. The Morgan fingerprint density at radius 2 is 2.05 bits per heavy atom. The molecule has 0 saturated heterocycles. The second-order valence-corrected chi connectivity index (χ2v) is 6.18. The smallest absolute Gasteiger partial charge is 0.225 e. The zero-order chi connectivity index (χ0) is 14.0. The summed E-state index contributed by atoms with van der Waals surface area (Å²) in [5, 5.41) is 3.93. The van der Waals surface area contributed by atoms with E-state index in [0.29, 0.717) is 28.7 Å². The lowest BCUT2D eigenvalue weighted by Crippen LogP contribution is -2.40. The highest BCUT2D eigenvalue weighted by Gasteiger charge is 2.37. The number of aryl methyl sites for hydroxylation is 1. The van der Waals surface area contributed by atoms with Crippen molar-refractivity contribution in [2.75, 3.05) is 11.9 Å². The molecule has 0 spiro atoms. The molecule has 0 atom stereocenters. The van der Waals surface area contributed by atoms with Crippen LogP contribution in [0, 0.1) is 12.3 Å². The van der Waals surface area contributed by atoms with Gasteiger partial charge in [-0.15, -0.1) is 0 Å². The van der Waals surface area contributed by atoms with E-state index in [1.165, 1.54) is 0 Å². The Balaban J connectivity index is 2.05. The fraction of sp³-hybridized carbons (Fsp3) is 0.500. The number of benzene rings is 1. The van der Waals surface area contributed by atoms with Gasteiger partial charge < -0.3 is 11.1 Å². The van der Waals surface area contributed by atoms with Gasteiger partial charge in [0, 0.05) is 11.4 Å². The van der Waals surface area contributed by atoms with E-state index >= 15 is 0 Å². The molecular formula is C14H18Cl2N2O. The third-order valence-electron chi connectivity index (χ3n) is 3.91. The predicted molar refractivity (Wildman–Crippen MR) is 79.8 cm³/mol. The fourth-order valence-electron chi connectivity index (χ4n) is 2.41. The molecule has 0 unspecified atom stereocenters. The van der Waals surface area contributed by atoms with Crippen LogP contribution in [0.1, 0.15) is 31.2 Å². The van der Waals surface area contributed by atoms with Crippen LogP contribution < -0.4 is 11.1 Å². The highest BCUT2D eigenvalue weighted by molar-refractivity contribution is 6.36. The average molecular weight is 301 g/mol. The Hall–Kier alpha value is -0.770. The van der Waals surface area contributed by atoms with Crippen molar-refractivity contribution in [2.24, 2.45) is 11.1 Å². The molecule has 1 aromatic rings. The van der Waals surface area contributed by atoms with Crippen molar-refractivity contribution in [2.45, 2.75) is 32.6 Å². The van der Waals surface area contributed by atoms with E-state index in [4.69, 9.17) is 28.9 Å². The number of halogens is 2. The molecule has 104 valence electrons. The summed E-state index contributed by atoms with van der Waals surface area (Å²) in [4.78, 5) is 12.1. The van der Waals surface area contributed by atoms with Gasteiger partial charge in [0.2, 0.25) is 5.91 Å². The first-order chi connectivity index (χ1) is 8.96. The summed E-state index contributed by atoms with van der Waals surface area (Å²) in [5.41, 5.74) is 7.20. The number of hydrogen-bond donors (Lipinski definition) is 2. The first-order valence-electron chi connectivity index (χ1n) is 6.41. The van der Waals surface area contributed by atoms with Crippen LogP contribution in [0.5, 0.6) is 0 Å². The van der Waals surface area contributed by atoms with Gasteiger partial charge in [0.1, 0.15) is 0 Å². The van der Waals surface area contributed by atoms with E-state index in [2.05, 4.69) is 5.32 Å². The van der Waals surface area contributed by atoms with Crippen LogP contribution in [0.25, 0.3) is 0 Å². The SMILES string of the molecule is Cc1cc(Cl)c(NC(=O)CC2(CN)CCC2)cc1Cl. The van der Waals surface area contributed by atoms with E-state index in [9.17, 15) is 4.79 Å². The van der Waals surface area contributed by atoms with Crippen LogP contribution in [0.4, 0.5) is 5.69 Å². The summed E-state index contributed by atoms with van der Waals surface area (Å²) in [5.74, 6) is -0.0491. The lowest BCUT2D eigenvalue weighted by Gasteiger charge is -2.40. The van der Waals surface area contributed by atoms with Gasteiger partial charge in [-0.2, -0.15) is 0 Å². The first-order valence-corrected chi connectivity index (χ1v) is 7.17. The molecule has 3 N–H and O–H groups in total. The highest BCUT2D eigenvalue weighted by atomic mass is 35.5. The summed E-state index contributed by atoms with van der Waals surface area (Å²) in [6.45, 7) is 2.43. The minimum Gasteiger partial charge on any atom is -0.330 e. The second-order valence-electron chi connectivity index (χ2n) is 5.36. The van der Waals surface area contributed by atoms with Crippen LogP contribution in [0.2, 0.25) is 10.0 Å². The standard InChI is InChI=1S/C14H18Cl2N2O/c1-9-5-11(16)12(6-10(9)15)18-13(19)7-14(8-17)3-2-4-14/h5-6H,2-4,7-8,17H2,1H3,(H,18,19). The van der Waals surface area contributed by atoms with Gasteiger partial charge in [0.15, 0.2) is 0 Å². The van der Waals surface area contributed by atoms with Crippen molar-refractivity contribution < 1.29 is 4.79 Å². The number of amides is 1. The molecule has 5 heteroatoms. The predicted octanol–water partition coefficient (Wildman–Crippen LogP) is 3.76. The van der Waals surface area contributed by atoms with Crippen LogP contribution in [0.3, 0.4) is 0 Å². The van der Waals surface area contributed by atoms with E-state index < -0.39 is 0 Å². The summed E-state index contributed by atoms with van der Waals surface area (Å²) in [6.07, 6.45) is 3.66. The van der Waals surface area contributed by atoms with E-state index in [0.717, 1.165) is 24.8 Å². The fourth-order valence-corrected chi connectivity index (χ4v) is 2.84. The Kier molecular flexibility index (Phi) is 4.39. The van der Waals surface area contributed by atoms with Gasteiger partial charge in [-0.25, -0.2) is 0 Å². The van der Waals surface area contributed by atoms with Crippen LogP contribution in [-0.2, 0) is 4.79 Å². The minimum atomic E-state index is -0.0491. The van der Waals surface area contributed by atoms with Crippen LogP contribution in [-0.4, -0.2) is 12.5 Å². The zero-order valence-electron chi connectivity index (χ0n) is 10.9. The first kappa shape index (κ1) is 14.6. The lowest BCUT2D eigenvalue weighted by atomic mass is 9.66. The van der Waals surface area contributed by atoms with E-state index in [1.54, 1.807) is 12.1 Å². The third kappa shape index (κ3) is 3.22. The van der Waals surface area contributed by atoms with Crippen molar-refractivity contribution in [3.05, 3.63) is 27.7 Å². The van der Waals surface area contributed by atoms with Crippen molar-refractivity contribution in [1.82, 2.24) is 0 Å². The van der Waals surface area contributed by atoms with Gasteiger partial charge in [-0.3, -0.25) is 4.79 Å². The second kappa shape index (κ2) is 5.70. The molecule has 1 aliphatic rings. The molecule has 0 bridgehead atoms. The molecule has 0 radical (unpaired) electrons. The van der Waals surface area contributed by atoms with Crippen LogP contribution in [0.15, 0.2) is 12.1 Å². The molecule has 1 saturated carbocycles. The van der Waals surface area contributed by atoms with Gasteiger partial charge in [0.05, 0.1) is 10.7 Å². The van der Waals surface area contributed by atoms with Crippen molar-refractivity contribution in [3.8, 4) is 0 Å². The van der Waals surface area contributed by atoms with E-state index in [-0.39, 0.29) is 11.3 Å². The van der Waals surface area contributed by atoms with Gasteiger partial charge in [-0.05, 0) is 49.4 Å². The molecule has 0 aromatic heterocycles. The Bertz CT molecular complexity index is 493. The monoisotopic (exact) mass is 300 g/mol. The lowest BCUT2D eigenvalue weighted by molar-refractivity contribution is -0.119. The Labute approximate surface area is 123 Å². The maximum Gasteiger partial charge on any atom is 0.225 e. The maximum absolute atomic E-state index is 12.1. The van der Waals surface area contributed by atoms with Crippen molar-refractivity contribution >= 4 is 34.8 Å². The molecule has 1 aliphatic carbocycles. The number of hydrogen-bond acceptors (Lipinski definition) is 2. The topological polar surface area (TPSA) is 55.1 Å². The molecule has 0 heterocycles. The zero-order valence-corrected chi connectivity index (χ0v) is 12.4. The summed E-state index contributed by atoms with van der Waals surface area (Å²) >= 11 is 12.1. The number of rotatable bonds is 4. The van der Waals surface area contributed by atoms with Gasteiger partial charge in [-0.1, -0.05) is 29.6 Å². The molecule has 2 rings (SSSR count). The molecular weight excluding hydrogens is 283 g/mol. The molecule has 3 nitrogen and oxygen atoms in total. The number of nitrogens with two attached hydrogens (primary N) is 1. The molecule has 1 amide bonds. The summed E-state index contributed by atoms with van der Waals surface area (Å²) in [6, 6.07) is 3.44.